The summed E-state index contributed by atoms with van der Waals surface area (Å²) in [5, 5.41) is 16.5. The lowest BCUT2D eigenvalue weighted by atomic mass is 9.90. The lowest BCUT2D eigenvalue weighted by molar-refractivity contribution is 0.0953. The third-order valence-corrected chi connectivity index (χ3v) is 4.37. The van der Waals surface area contributed by atoms with Gasteiger partial charge in [-0.1, -0.05) is 60.7 Å². The van der Waals surface area contributed by atoms with Crippen LogP contribution < -0.4 is 10.7 Å². The zero-order valence-corrected chi connectivity index (χ0v) is 15.0. The highest BCUT2D eigenvalue weighted by Crippen LogP contribution is 2.28. The van der Waals surface area contributed by atoms with Crippen LogP contribution in [0.15, 0.2) is 77.3 Å². The number of benzene rings is 1. The Morgan fingerprint density at radius 1 is 1.30 bits per heavy atom. The van der Waals surface area contributed by atoms with Gasteiger partial charge in [0.25, 0.3) is 11.3 Å². The fourth-order valence-corrected chi connectivity index (χ4v) is 2.99. The molecule has 0 spiro atoms. The molecule has 1 aromatic carbocycles. The largest absolute Gasteiger partial charge is 0.503 e. The van der Waals surface area contributed by atoms with E-state index in [1.165, 1.54) is 17.9 Å². The minimum Gasteiger partial charge on any atom is -0.503 e. The second kappa shape index (κ2) is 8.31. The van der Waals surface area contributed by atoms with E-state index in [0.29, 0.717) is 6.54 Å². The Morgan fingerprint density at radius 2 is 2.07 bits per heavy atom. The molecule has 0 saturated heterocycles. The van der Waals surface area contributed by atoms with Gasteiger partial charge < -0.3 is 10.4 Å². The van der Waals surface area contributed by atoms with E-state index in [9.17, 15) is 14.7 Å². The van der Waals surface area contributed by atoms with Gasteiger partial charge in [0.2, 0.25) is 0 Å². The smallest absolute Gasteiger partial charge is 0.275 e. The number of rotatable bonds is 5. The summed E-state index contributed by atoms with van der Waals surface area (Å²) in [7, 11) is 1.41. The van der Waals surface area contributed by atoms with Crippen molar-refractivity contribution in [2.24, 2.45) is 0 Å². The number of carbonyl (C=O) groups excluding carboxylic acids is 1. The molecule has 2 aromatic rings. The Balaban J connectivity index is 2.04. The molecular weight excluding hydrogens is 342 g/mol. The summed E-state index contributed by atoms with van der Waals surface area (Å²) in [5.74, 6) is -1.18. The number of hydrogen-bond donors (Lipinski definition) is 2. The molecule has 2 N–H and O–H groups in total. The molecule has 0 fully saturated rings. The number of amides is 1. The van der Waals surface area contributed by atoms with Crippen LogP contribution in [0, 0.1) is 0 Å². The van der Waals surface area contributed by atoms with Crippen LogP contribution in [0.4, 0.5) is 0 Å². The first kappa shape index (κ1) is 18.4. The maximum atomic E-state index is 12.0. The van der Waals surface area contributed by atoms with Crippen LogP contribution in [-0.4, -0.2) is 27.8 Å². The summed E-state index contributed by atoms with van der Waals surface area (Å²) in [6, 6.07) is 9.92. The molecule has 27 heavy (non-hydrogen) atoms. The van der Waals surface area contributed by atoms with E-state index < -0.39 is 17.1 Å². The lowest BCUT2D eigenvalue weighted by Crippen LogP contribution is -2.29. The van der Waals surface area contributed by atoms with Crippen LogP contribution in [0.25, 0.3) is 0 Å². The van der Waals surface area contributed by atoms with Crippen LogP contribution in [0.5, 0.6) is 5.75 Å². The molecule has 1 unspecified atom stereocenters. The van der Waals surface area contributed by atoms with Crippen molar-refractivity contribution in [1.82, 2.24) is 15.1 Å². The Hall–Kier alpha value is -3.41. The second-order valence-electron chi connectivity index (χ2n) is 6.19. The molecule has 0 radical (unpaired) electrons. The van der Waals surface area contributed by atoms with Crippen LogP contribution in [0.2, 0.25) is 0 Å². The molecule has 0 bridgehead atoms. The first-order valence-corrected chi connectivity index (χ1v) is 8.71. The second-order valence-corrected chi connectivity index (χ2v) is 6.19. The van der Waals surface area contributed by atoms with E-state index in [4.69, 9.17) is 0 Å². The summed E-state index contributed by atoms with van der Waals surface area (Å²) in [6.45, 7) is 0.367. The monoisotopic (exact) mass is 363 g/mol. The van der Waals surface area contributed by atoms with Crippen molar-refractivity contribution in [3.05, 3.63) is 94.0 Å². The van der Waals surface area contributed by atoms with Gasteiger partial charge in [0.15, 0.2) is 11.4 Å². The number of nitrogens with one attached hydrogen (secondary N) is 1. The number of aromatic hydroxyl groups is 1. The van der Waals surface area contributed by atoms with E-state index in [-0.39, 0.29) is 11.6 Å². The van der Waals surface area contributed by atoms with Gasteiger partial charge in [0.1, 0.15) is 0 Å². The van der Waals surface area contributed by atoms with Crippen molar-refractivity contribution in [1.29, 1.82) is 0 Å². The van der Waals surface area contributed by atoms with Crippen molar-refractivity contribution in [3.63, 3.8) is 0 Å². The molecule has 1 heterocycles. The van der Waals surface area contributed by atoms with Gasteiger partial charge in [-0.05, 0) is 17.6 Å². The molecule has 138 valence electrons. The molecule has 1 atom stereocenters. The number of carbonyl (C=O) groups is 1. The Morgan fingerprint density at radius 3 is 2.81 bits per heavy atom. The first-order valence-electron chi connectivity index (χ1n) is 8.71. The highest BCUT2D eigenvalue weighted by molar-refractivity contribution is 5.92. The van der Waals surface area contributed by atoms with Gasteiger partial charge in [-0.15, -0.1) is 0 Å². The van der Waals surface area contributed by atoms with E-state index in [2.05, 4.69) is 28.6 Å². The number of nitrogens with zero attached hydrogens (tertiary/aromatic N) is 2. The zero-order valence-electron chi connectivity index (χ0n) is 15.0. The van der Waals surface area contributed by atoms with Gasteiger partial charge in [-0.2, -0.15) is 5.10 Å². The number of aromatic nitrogens is 2. The molecule has 1 aromatic heterocycles. The van der Waals surface area contributed by atoms with Gasteiger partial charge in [-0.3, -0.25) is 14.3 Å². The van der Waals surface area contributed by atoms with Crippen molar-refractivity contribution in [3.8, 4) is 5.75 Å². The standard InChI is InChI=1S/C21H21N3O3/c1-22-21(27)19-20(26)18(25)14-24(23-19)13-17(16-11-7-4-8-12-16)15-9-5-2-3-6-10-15/h2,4-12,14,17,25H,3,13H2,1H3,(H,22,27). The Bertz CT molecular complexity index is 972. The van der Waals surface area contributed by atoms with E-state index in [1.54, 1.807) is 0 Å². The van der Waals surface area contributed by atoms with Crippen molar-refractivity contribution >= 4 is 5.91 Å². The highest BCUT2D eigenvalue weighted by Gasteiger charge is 2.20. The SMILES string of the molecule is CNC(=O)c1nn(CC(C2=CC=CCC=C2)c2ccccc2)cc(O)c1=O. The van der Waals surface area contributed by atoms with E-state index >= 15 is 0 Å². The van der Waals surface area contributed by atoms with Gasteiger partial charge in [0, 0.05) is 13.0 Å². The van der Waals surface area contributed by atoms with E-state index in [1.807, 2.05) is 42.5 Å². The summed E-state index contributed by atoms with van der Waals surface area (Å²) < 4.78 is 1.45. The van der Waals surface area contributed by atoms with Gasteiger partial charge >= 0.3 is 0 Å². The average Bonchev–Trinajstić information content (AvgIpc) is 2.98. The first-order chi connectivity index (χ1) is 13.1. The highest BCUT2D eigenvalue weighted by atomic mass is 16.3. The quantitative estimate of drug-likeness (QED) is 0.855. The average molecular weight is 363 g/mol. The summed E-state index contributed by atoms with van der Waals surface area (Å²) in [4.78, 5) is 23.9. The fourth-order valence-electron chi connectivity index (χ4n) is 2.99. The molecule has 0 aliphatic heterocycles. The predicted octanol–water partition coefficient (Wildman–Crippen LogP) is 2.53. The van der Waals surface area contributed by atoms with Crippen LogP contribution in [0.3, 0.4) is 0 Å². The fraction of sp³-hybridized carbons (Fsp3) is 0.190. The molecular formula is C21H21N3O3. The van der Waals surface area contributed by atoms with Crippen LogP contribution >= 0.6 is 0 Å². The topological polar surface area (TPSA) is 84.2 Å². The van der Waals surface area contributed by atoms with Crippen LogP contribution in [0.1, 0.15) is 28.4 Å². The van der Waals surface area contributed by atoms with Crippen LogP contribution in [-0.2, 0) is 6.54 Å². The summed E-state index contributed by atoms with van der Waals surface area (Å²) >= 11 is 0. The van der Waals surface area contributed by atoms with Gasteiger partial charge in [-0.25, -0.2) is 0 Å². The molecule has 6 heteroatoms. The zero-order chi connectivity index (χ0) is 19.2. The van der Waals surface area contributed by atoms with Crippen molar-refractivity contribution in [2.75, 3.05) is 7.05 Å². The number of hydrogen-bond acceptors (Lipinski definition) is 4. The molecule has 1 aliphatic carbocycles. The molecule has 3 rings (SSSR count). The normalized spacial score (nSPS) is 14.3. The maximum Gasteiger partial charge on any atom is 0.275 e. The molecule has 0 saturated carbocycles. The van der Waals surface area contributed by atoms with Crippen molar-refractivity contribution in [2.45, 2.75) is 18.9 Å². The third kappa shape index (κ3) is 4.23. The number of allylic oxidation sites excluding steroid dienone is 6. The summed E-state index contributed by atoms with van der Waals surface area (Å²) in [5.41, 5.74) is 1.05. The predicted molar refractivity (Wildman–Crippen MR) is 104 cm³/mol. The molecule has 1 aliphatic rings. The lowest BCUT2D eigenvalue weighted by Gasteiger charge is -2.20. The summed E-state index contributed by atoms with van der Waals surface area (Å²) in [6.07, 6.45) is 12.4. The third-order valence-electron chi connectivity index (χ3n) is 4.37. The minimum absolute atomic E-state index is 0.0582. The van der Waals surface area contributed by atoms with E-state index in [0.717, 1.165) is 17.6 Å². The van der Waals surface area contributed by atoms with Gasteiger partial charge in [0.05, 0.1) is 12.7 Å². The van der Waals surface area contributed by atoms with Crippen molar-refractivity contribution < 1.29 is 9.90 Å². The molecule has 1 amide bonds. The maximum absolute atomic E-state index is 12.0. The Kier molecular flexibility index (Phi) is 5.66. The molecule has 6 nitrogen and oxygen atoms in total. The Labute approximate surface area is 157 Å². The minimum atomic E-state index is -0.779.